The van der Waals surface area contributed by atoms with E-state index in [0.717, 1.165) is 0 Å². The van der Waals surface area contributed by atoms with E-state index in [-0.39, 0.29) is 0 Å². The summed E-state index contributed by atoms with van der Waals surface area (Å²) in [5, 5.41) is 26.3. The number of aliphatic hydroxyl groups excluding tert-OH is 3. The van der Waals surface area contributed by atoms with Crippen LogP contribution in [0.3, 0.4) is 0 Å². The third-order valence-corrected chi connectivity index (χ3v) is 1.92. The van der Waals surface area contributed by atoms with Crippen LogP contribution < -0.4 is 0 Å². The van der Waals surface area contributed by atoms with Crippen LogP contribution in [0.2, 0.25) is 0 Å². The van der Waals surface area contributed by atoms with Crippen molar-refractivity contribution in [1.29, 1.82) is 0 Å². The van der Waals surface area contributed by atoms with Crippen LogP contribution in [0.4, 0.5) is 0 Å². The second-order valence-corrected chi connectivity index (χ2v) is 2.81. The fourth-order valence-corrected chi connectivity index (χ4v) is 1.07. The molecule has 1 aliphatic rings. The van der Waals surface area contributed by atoms with E-state index in [1.807, 2.05) is 0 Å². The van der Waals surface area contributed by atoms with Gasteiger partial charge in [-0.25, -0.2) is 0 Å². The molecule has 0 spiro atoms. The lowest BCUT2D eigenvalue weighted by Gasteiger charge is -2.26. The Morgan fingerprint density at radius 1 is 1.00 bits per heavy atom. The van der Waals surface area contributed by atoms with Crippen LogP contribution in [0.15, 0.2) is 12.2 Å². The molecule has 0 aromatic rings. The fourth-order valence-electron chi connectivity index (χ4n) is 0.838. The molecule has 0 saturated heterocycles. The summed E-state index contributed by atoms with van der Waals surface area (Å²) in [6.45, 7) is 0. The van der Waals surface area contributed by atoms with Crippen LogP contribution >= 0.6 is 11.6 Å². The normalized spacial score (nSPS) is 47.6. The molecule has 0 aromatic heterocycles. The van der Waals surface area contributed by atoms with Gasteiger partial charge in [0.05, 0.1) is 5.38 Å². The van der Waals surface area contributed by atoms with Gasteiger partial charge < -0.3 is 15.3 Å². The Labute approximate surface area is 63.6 Å². The van der Waals surface area contributed by atoms with E-state index in [1.54, 1.807) is 0 Å². The number of rotatable bonds is 0. The molecular formula is C6H9ClO3. The molecule has 1 rings (SSSR count). The van der Waals surface area contributed by atoms with Crippen molar-refractivity contribution in [3.05, 3.63) is 12.2 Å². The van der Waals surface area contributed by atoms with Crippen molar-refractivity contribution in [1.82, 2.24) is 0 Å². The van der Waals surface area contributed by atoms with E-state index in [1.165, 1.54) is 12.2 Å². The third kappa shape index (κ3) is 1.32. The number of aliphatic hydroxyl groups is 3. The van der Waals surface area contributed by atoms with Crippen molar-refractivity contribution in [2.45, 2.75) is 23.7 Å². The predicted molar refractivity (Wildman–Crippen MR) is 36.8 cm³/mol. The maximum atomic E-state index is 9.02. The molecule has 3 N–H and O–H groups in total. The number of hydrogen-bond acceptors (Lipinski definition) is 3. The Balaban J connectivity index is 2.69. The number of hydrogen-bond donors (Lipinski definition) is 3. The molecule has 0 bridgehead atoms. The largest absolute Gasteiger partial charge is 0.388 e. The minimum absolute atomic E-state index is 0.599. The molecule has 0 unspecified atom stereocenters. The van der Waals surface area contributed by atoms with Crippen molar-refractivity contribution in [2.75, 3.05) is 0 Å². The molecule has 0 heterocycles. The lowest BCUT2D eigenvalue weighted by Crippen LogP contribution is -2.44. The molecule has 0 radical (unpaired) electrons. The van der Waals surface area contributed by atoms with E-state index in [2.05, 4.69) is 0 Å². The Morgan fingerprint density at radius 2 is 1.60 bits per heavy atom. The summed E-state index contributed by atoms with van der Waals surface area (Å²) < 4.78 is 0. The SMILES string of the molecule is O[C@H]1[C@H](O)[C@@H](Cl)C=C[C@H]1O. The van der Waals surface area contributed by atoms with Crippen LogP contribution in [0, 0.1) is 0 Å². The molecule has 0 aromatic carbocycles. The van der Waals surface area contributed by atoms with Gasteiger partial charge in [-0.2, -0.15) is 0 Å². The van der Waals surface area contributed by atoms with Crippen molar-refractivity contribution in [3.8, 4) is 0 Å². The molecule has 58 valence electrons. The summed E-state index contributed by atoms with van der Waals surface area (Å²) in [6, 6.07) is 0. The van der Waals surface area contributed by atoms with Gasteiger partial charge in [0, 0.05) is 0 Å². The summed E-state index contributed by atoms with van der Waals surface area (Å²) >= 11 is 5.52. The maximum Gasteiger partial charge on any atom is 0.111 e. The highest BCUT2D eigenvalue weighted by Gasteiger charge is 2.31. The van der Waals surface area contributed by atoms with E-state index >= 15 is 0 Å². The standard InChI is InChI=1S/C6H9ClO3/c7-3-1-2-4(8)6(10)5(3)9/h1-6,8-10H/t3-,4+,5+,6+/m0/s1. The van der Waals surface area contributed by atoms with Crippen molar-refractivity contribution in [3.63, 3.8) is 0 Å². The second-order valence-electron chi connectivity index (χ2n) is 2.30. The molecule has 0 aliphatic heterocycles. The van der Waals surface area contributed by atoms with E-state index in [4.69, 9.17) is 26.9 Å². The lowest BCUT2D eigenvalue weighted by atomic mass is 9.99. The van der Waals surface area contributed by atoms with Crippen LogP contribution in [0.25, 0.3) is 0 Å². The average molecular weight is 165 g/mol. The zero-order valence-corrected chi connectivity index (χ0v) is 5.94. The molecule has 3 nitrogen and oxygen atoms in total. The highest BCUT2D eigenvalue weighted by atomic mass is 35.5. The summed E-state index contributed by atoms with van der Waals surface area (Å²) in [5.74, 6) is 0. The van der Waals surface area contributed by atoms with Crippen molar-refractivity contribution in [2.24, 2.45) is 0 Å². The molecule has 0 fully saturated rings. The summed E-state index contributed by atoms with van der Waals surface area (Å²) in [7, 11) is 0. The molecule has 0 saturated carbocycles. The van der Waals surface area contributed by atoms with Gasteiger partial charge in [0.15, 0.2) is 0 Å². The molecule has 4 atom stereocenters. The first-order valence-electron chi connectivity index (χ1n) is 2.99. The first-order chi connectivity index (χ1) is 4.63. The summed E-state index contributed by atoms with van der Waals surface area (Å²) in [6.07, 6.45) is -0.391. The molecule has 1 aliphatic carbocycles. The van der Waals surface area contributed by atoms with Gasteiger partial charge in [0.1, 0.15) is 18.3 Å². The van der Waals surface area contributed by atoms with Crippen molar-refractivity contribution >= 4 is 11.6 Å². The average Bonchev–Trinajstić information content (AvgIpc) is 1.93. The van der Waals surface area contributed by atoms with Gasteiger partial charge in [-0.3, -0.25) is 0 Å². The summed E-state index contributed by atoms with van der Waals surface area (Å²) in [5.41, 5.74) is 0. The van der Waals surface area contributed by atoms with Gasteiger partial charge in [0.25, 0.3) is 0 Å². The fraction of sp³-hybridized carbons (Fsp3) is 0.667. The van der Waals surface area contributed by atoms with E-state index in [0.29, 0.717) is 0 Å². The highest BCUT2D eigenvalue weighted by Crippen LogP contribution is 2.17. The Bertz CT molecular complexity index is 132. The topological polar surface area (TPSA) is 60.7 Å². The third-order valence-electron chi connectivity index (χ3n) is 1.52. The lowest BCUT2D eigenvalue weighted by molar-refractivity contribution is -0.0437. The maximum absolute atomic E-state index is 9.02. The van der Waals surface area contributed by atoms with E-state index in [9.17, 15) is 0 Å². The van der Waals surface area contributed by atoms with Gasteiger partial charge in [-0.15, -0.1) is 11.6 Å². The quantitative estimate of drug-likeness (QED) is 0.326. The van der Waals surface area contributed by atoms with Crippen LogP contribution in [0.5, 0.6) is 0 Å². The number of halogens is 1. The minimum Gasteiger partial charge on any atom is -0.388 e. The Hall–Kier alpha value is -0.0900. The Morgan fingerprint density at radius 3 is 2.10 bits per heavy atom. The molecule has 0 amide bonds. The molecule has 10 heavy (non-hydrogen) atoms. The van der Waals surface area contributed by atoms with Crippen LogP contribution in [-0.4, -0.2) is 39.0 Å². The van der Waals surface area contributed by atoms with Gasteiger partial charge in [0.2, 0.25) is 0 Å². The zero-order chi connectivity index (χ0) is 7.72. The summed E-state index contributed by atoms with van der Waals surface area (Å²) in [4.78, 5) is 0. The smallest absolute Gasteiger partial charge is 0.111 e. The molecule has 4 heteroatoms. The zero-order valence-electron chi connectivity index (χ0n) is 5.18. The van der Waals surface area contributed by atoms with Crippen molar-refractivity contribution < 1.29 is 15.3 Å². The van der Waals surface area contributed by atoms with Crippen LogP contribution in [-0.2, 0) is 0 Å². The monoisotopic (exact) mass is 164 g/mol. The minimum atomic E-state index is -1.16. The first-order valence-corrected chi connectivity index (χ1v) is 3.43. The van der Waals surface area contributed by atoms with Gasteiger partial charge in [-0.05, 0) is 0 Å². The second kappa shape index (κ2) is 2.88. The predicted octanol–water partition coefficient (Wildman–Crippen LogP) is -0.754. The highest BCUT2D eigenvalue weighted by molar-refractivity contribution is 6.22. The molecular weight excluding hydrogens is 156 g/mol. The Kier molecular flexibility index (Phi) is 2.31. The van der Waals surface area contributed by atoms with Gasteiger partial charge >= 0.3 is 0 Å². The van der Waals surface area contributed by atoms with Crippen LogP contribution in [0.1, 0.15) is 0 Å². The van der Waals surface area contributed by atoms with E-state index < -0.39 is 23.7 Å². The van der Waals surface area contributed by atoms with Gasteiger partial charge in [-0.1, -0.05) is 12.2 Å². The number of alkyl halides is 1. The first kappa shape index (κ1) is 8.01.